The summed E-state index contributed by atoms with van der Waals surface area (Å²) in [5.41, 5.74) is 0. The average molecular weight is 121 g/mol. The van der Waals surface area contributed by atoms with E-state index in [9.17, 15) is 0 Å². The average Bonchev–Trinajstić information content (AvgIpc) is 2.33. The van der Waals surface area contributed by atoms with Crippen molar-refractivity contribution in [3.8, 4) is 0 Å². The van der Waals surface area contributed by atoms with Crippen LogP contribution in [0.25, 0.3) is 0 Å². The molecule has 0 bridgehead atoms. The lowest BCUT2D eigenvalue weighted by atomic mass is 10.5. The number of nitrogens with zero attached hydrogens (tertiary/aromatic N) is 1. The van der Waals surface area contributed by atoms with E-state index in [2.05, 4.69) is 18.2 Å². The largest absolute Gasteiger partial charge is 0.234 e. The van der Waals surface area contributed by atoms with Crippen LogP contribution >= 0.6 is 0 Å². The van der Waals surface area contributed by atoms with E-state index in [0.717, 1.165) is 10.7 Å². The molecule has 1 rings (SSSR count). The highest BCUT2D eigenvalue weighted by molar-refractivity contribution is 5.86. The molecule has 0 spiro atoms. The van der Waals surface area contributed by atoms with E-state index < -0.39 is 0 Å². The first-order valence-electron chi connectivity index (χ1n) is 2.75. The third-order valence-corrected chi connectivity index (χ3v) is 1.18. The molecule has 0 fully saturated rings. The Hall–Kier alpha value is -1.15. The lowest BCUT2D eigenvalue weighted by Crippen LogP contribution is -3.04. The molecule has 0 amide bonds. The van der Waals surface area contributed by atoms with Gasteiger partial charge in [-0.15, -0.1) is 0 Å². The van der Waals surface area contributed by atoms with Crippen molar-refractivity contribution in [2.75, 3.05) is 0 Å². The molecule has 0 aromatic heterocycles. The predicted molar refractivity (Wildman–Crippen MR) is 37.9 cm³/mol. The molecule has 0 aromatic rings. The molecule has 0 saturated heterocycles. The van der Waals surface area contributed by atoms with E-state index in [-0.39, 0.29) is 0 Å². The Labute approximate surface area is 54.5 Å². The zero-order chi connectivity index (χ0) is 6.69. The lowest BCUT2D eigenvalue weighted by Gasteiger charge is -1.99. The van der Waals surface area contributed by atoms with Gasteiger partial charge in [0.15, 0.2) is 0 Å². The molecular formula is C7H9N2+. The van der Waals surface area contributed by atoms with Crippen molar-refractivity contribution in [1.29, 1.82) is 0 Å². The predicted octanol–water partition coefficient (Wildman–Crippen LogP) is 0.0841. The Morgan fingerprint density at radius 3 is 2.78 bits per heavy atom. The number of quaternary nitrogens is 1. The van der Waals surface area contributed by atoms with Gasteiger partial charge in [-0.1, -0.05) is 6.58 Å². The minimum Gasteiger partial charge on any atom is -0.233 e. The molecule has 1 unspecified atom stereocenters. The van der Waals surface area contributed by atoms with Gasteiger partial charge in [-0.05, 0) is 6.58 Å². The van der Waals surface area contributed by atoms with Crippen LogP contribution in [0.3, 0.4) is 0 Å². The molecule has 1 N–H and O–H groups in total. The second-order valence-corrected chi connectivity index (χ2v) is 1.69. The van der Waals surface area contributed by atoms with Gasteiger partial charge in [-0.3, -0.25) is 0 Å². The minimum absolute atomic E-state index is 0.907. The smallest absolute Gasteiger partial charge is 0.233 e. The van der Waals surface area contributed by atoms with Gasteiger partial charge >= 0.3 is 0 Å². The molecule has 9 heavy (non-hydrogen) atoms. The Bertz CT molecular complexity index is 189. The van der Waals surface area contributed by atoms with Crippen LogP contribution in [-0.2, 0) is 0 Å². The minimum atomic E-state index is 0.907. The number of aliphatic imine (C=N–C) groups is 1. The standard InChI is InChI=1S/C7H8N2/c1-3-7-8-5-6-9(7)4-2/h3-6H,1-2H2/p+1. The maximum Gasteiger partial charge on any atom is 0.234 e. The zero-order valence-electron chi connectivity index (χ0n) is 5.17. The topological polar surface area (TPSA) is 16.8 Å². The molecular weight excluding hydrogens is 112 g/mol. The van der Waals surface area contributed by atoms with E-state index in [0.29, 0.717) is 0 Å². The Morgan fingerprint density at radius 2 is 2.33 bits per heavy atom. The van der Waals surface area contributed by atoms with Crippen molar-refractivity contribution in [1.82, 2.24) is 0 Å². The van der Waals surface area contributed by atoms with Gasteiger partial charge in [0.25, 0.3) is 0 Å². The summed E-state index contributed by atoms with van der Waals surface area (Å²) in [4.78, 5) is 5.06. The first kappa shape index (κ1) is 5.98. The van der Waals surface area contributed by atoms with E-state index in [1.165, 1.54) is 0 Å². The van der Waals surface area contributed by atoms with Crippen molar-refractivity contribution in [2.45, 2.75) is 0 Å². The van der Waals surface area contributed by atoms with E-state index >= 15 is 0 Å². The molecule has 0 aliphatic carbocycles. The molecule has 1 aliphatic heterocycles. The summed E-state index contributed by atoms with van der Waals surface area (Å²) in [6, 6.07) is 0. The number of hydrogen-bond acceptors (Lipinski definition) is 1. The highest BCUT2D eigenvalue weighted by atomic mass is 15.2. The van der Waals surface area contributed by atoms with Crippen LogP contribution in [0.5, 0.6) is 0 Å². The third-order valence-electron chi connectivity index (χ3n) is 1.18. The van der Waals surface area contributed by atoms with Crippen LogP contribution in [0.4, 0.5) is 0 Å². The van der Waals surface area contributed by atoms with Crippen molar-refractivity contribution in [2.24, 2.45) is 4.99 Å². The van der Waals surface area contributed by atoms with Crippen LogP contribution in [0.15, 0.2) is 42.8 Å². The summed E-state index contributed by atoms with van der Waals surface area (Å²) in [5, 5.41) is 0. The SMILES string of the molecule is C=CC1=NC=C[NH+]1C=C. The summed E-state index contributed by atoms with van der Waals surface area (Å²) >= 11 is 0. The summed E-state index contributed by atoms with van der Waals surface area (Å²) in [7, 11) is 0. The van der Waals surface area contributed by atoms with Crippen molar-refractivity contribution < 1.29 is 4.90 Å². The van der Waals surface area contributed by atoms with Crippen LogP contribution in [-0.4, -0.2) is 5.84 Å². The first-order chi connectivity index (χ1) is 4.38. The fraction of sp³-hybridized carbons (Fsp3) is 0. The van der Waals surface area contributed by atoms with Gasteiger partial charge in [0.2, 0.25) is 5.84 Å². The van der Waals surface area contributed by atoms with Crippen LogP contribution in [0.2, 0.25) is 0 Å². The molecule has 0 radical (unpaired) electrons. The molecule has 1 aliphatic rings. The zero-order valence-corrected chi connectivity index (χ0v) is 5.17. The lowest BCUT2D eigenvalue weighted by molar-refractivity contribution is -0.677. The maximum absolute atomic E-state index is 4.02. The van der Waals surface area contributed by atoms with Gasteiger partial charge in [-0.25, -0.2) is 4.90 Å². The Morgan fingerprint density at radius 1 is 1.56 bits per heavy atom. The van der Waals surface area contributed by atoms with E-state index in [1.807, 2.05) is 6.20 Å². The third kappa shape index (κ3) is 0.976. The van der Waals surface area contributed by atoms with Gasteiger partial charge < -0.3 is 0 Å². The van der Waals surface area contributed by atoms with Crippen LogP contribution in [0, 0.1) is 0 Å². The number of hydrogen-bond donors (Lipinski definition) is 1. The summed E-state index contributed by atoms with van der Waals surface area (Å²) in [5.74, 6) is 0.907. The molecule has 1 atom stereocenters. The van der Waals surface area contributed by atoms with Crippen LogP contribution in [0.1, 0.15) is 0 Å². The number of nitrogens with one attached hydrogen (secondary N) is 1. The molecule has 2 nitrogen and oxygen atoms in total. The van der Waals surface area contributed by atoms with E-state index in [4.69, 9.17) is 0 Å². The highest BCUT2D eigenvalue weighted by Gasteiger charge is 2.09. The monoisotopic (exact) mass is 121 g/mol. The van der Waals surface area contributed by atoms with Crippen molar-refractivity contribution >= 4 is 5.84 Å². The molecule has 0 aromatic carbocycles. The highest BCUT2D eigenvalue weighted by Crippen LogP contribution is 1.80. The van der Waals surface area contributed by atoms with Crippen LogP contribution < -0.4 is 4.90 Å². The van der Waals surface area contributed by atoms with Gasteiger partial charge in [0, 0.05) is 6.08 Å². The summed E-state index contributed by atoms with van der Waals surface area (Å²) in [6.45, 7) is 7.23. The van der Waals surface area contributed by atoms with Gasteiger partial charge in [0.05, 0.1) is 12.4 Å². The van der Waals surface area contributed by atoms with Gasteiger partial charge in [-0.2, -0.15) is 4.99 Å². The van der Waals surface area contributed by atoms with Gasteiger partial charge in [0.1, 0.15) is 6.20 Å². The summed E-state index contributed by atoms with van der Waals surface area (Å²) in [6.07, 6.45) is 7.14. The Balaban J connectivity index is 2.76. The number of amidine groups is 1. The maximum atomic E-state index is 4.02. The summed E-state index contributed by atoms with van der Waals surface area (Å²) < 4.78 is 0. The molecule has 0 saturated carbocycles. The van der Waals surface area contributed by atoms with E-state index in [1.54, 1.807) is 18.5 Å². The van der Waals surface area contributed by atoms with Crippen molar-refractivity contribution in [3.05, 3.63) is 37.8 Å². The fourth-order valence-electron chi connectivity index (χ4n) is 0.701. The number of rotatable bonds is 2. The molecule has 46 valence electrons. The quantitative estimate of drug-likeness (QED) is 0.533. The second-order valence-electron chi connectivity index (χ2n) is 1.69. The fourth-order valence-corrected chi connectivity index (χ4v) is 0.701. The molecule has 2 heteroatoms. The Kier molecular flexibility index (Phi) is 1.60. The molecule has 1 heterocycles. The normalized spacial score (nSPS) is 23.6. The van der Waals surface area contributed by atoms with Crippen molar-refractivity contribution in [3.63, 3.8) is 0 Å². The first-order valence-corrected chi connectivity index (χ1v) is 2.75. The second kappa shape index (κ2) is 2.42.